The number of nitrogens with zero attached hydrogens (tertiary/aromatic N) is 1. The fourth-order valence-corrected chi connectivity index (χ4v) is 2.89. The standard InChI is InChI=1S/C13H21NO/c1-14(2)9-11-7-8-12(13(11)15)10-5-3-4-6-10/h11H,3-9H2,1-2H3. The topological polar surface area (TPSA) is 20.3 Å². The molecule has 0 aliphatic heterocycles. The van der Waals surface area contributed by atoms with Crippen LogP contribution in [0.4, 0.5) is 0 Å². The fourth-order valence-electron chi connectivity index (χ4n) is 2.89. The van der Waals surface area contributed by atoms with Gasteiger partial charge in [-0.2, -0.15) is 0 Å². The van der Waals surface area contributed by atoms with Gasteiger partial charge in [-0.25, -0.2) is 0 Å². The number of rotatable bonds is 2. The van der Waals surface area contributed by atoms with Gasteiger partial charge < -0.3 is 4.90 Å². The van der Waals surface area contributed by atoms with Crippen LogP contribution in [-0.2, 0) is 4.79 Å². The zero-order valence-corrected chi connectivity index (χ0v) is 9.88. The predicted molar refractivity (Wildman–Crippen MR) is 61.8 cm³/mol. The monoisotopic (exact) mass is 207 g/mol. The molecule has 2 rings (SSSR count). The molecule has 0 aromatic heterocycles. The number of hydrogen-bond donors (Lipinski definition) is 0. The lowest BCUT2D eigenvalue weighted by molar-refractivity contribution is -0.118. The normalized spacial score (nSPS) is 27.1. The first kappa shape index (κ1) is 10.9. The average molecular weight is 207 g/mol. The molecular weight excluding hydrogens is 186 g/mol. The predicted octanol–water partition coefficient (Wildman–Crippen LogP) is 2.40. The van der Waals surface area contributed by atoms with Crippen molar-refractivity contribution in [1.29, 1.82) is 0 Å². The Hall–Kier alpha value is -0.630. The summed E-state index contributed by atoms with van der Waals surface area (Å²) < 4.78 is 0. The van der Waals surface area contributed by atoms with Gasteiger partial charge in [-0.05, 0) is 58.2 Å². The second-order valence-corrected chi connectivity index (χ2v) is 5.15. The minimum atomic E-state index is 0.281. The minimum Gasteiger partial charge on any atom is -0.309 e. The molecule has 2 nitrogen and oxygen atoms in total. The molecule has 1 atom stereocenters. The first-order chi connectivity index (χ1) is 7.18. The summed E-state index contributed by atoms with van der Waals surface area (Å²) in [5.74, 6) is 0.740. The van der Waals surface area contributed by atoms with Crippen molar-refractivity contribution in [3.8, 4) is 0 Å². The first-order valence-corrected chi connectivity index (χ1v) is 6.08. The van der Waals surface area contributed by atoms with Gasteiger partial charge in [0.2, 0.25) is 0 Å². The van der Waals surface area contributed by atoms with E-state index in [0.29, 0.717) is 5.78 Å². The Bertz CT molecular complexity index is 283. The lowest BCUT2D eigenvalue weighted by Crippen LogP contribution is -2.24. The Kier molecular flexibility index (Phi) is 3.25. The van der Waals surface area contributed by atoms with Crippen LogP contribution in [0.1, 0.15) is 38.5 Å². The van der Waals surface area contributed by atoms with Gasteiger partial charge in [0, 0.05) is 12.5 Å². The van der Waals surface area contributed by atoms with Crippen molar-refractivity contribution in [2.24, 2.45) is 5.92 Å². The molecule has 0 bridgehead atoms. The summed E-state index contributed by atoms with van der Waals surface area (Å²) in [4.78, 5) is 14.3. The number of hydrogen-bond acceptors (Lipinski definition) is 2. The Balaban J connectivity index is 2.06. The van der Waals surface area contributed by atoms with Gasteiger partial charge >= 0.3 is 0 Å². The van der Waals surface area contributed by atoms with Crippen molar-refractivity contribution in [3.05, 3.63) is 11.1 Å². The maximum atomic E-state index is 12.1. The highest BCUT2D eigenvalue weighted by molar-refractivity contribution is 6.00. The molecule has 2 fully saturated rings. The van der Waals surface area contributed by atoms with E-state index in [9.17, 15) is 4.79 Å². The highest BCUT2D eigenvalue weighted by atomic mass is 16.1. The van der Waals surface area contributed by atoms with Gasteiger partial charge in [-0.3, -0.25) is 4.79 Å². The lowest BCUT2D eigenvalue weighted by Gasteiger charge is -2.14. The summed E-state index contributed by atoms with van der Waals surface area (Å²) in [5, 5.41) is 0. The van der Waals surface area contributed by atoms with Crippen LogP contribution in [0.15, 0.2) is 11.1 Å². The SMILES string of the molecule is CN(C)CC1CCC(=C2CCCC2)C1=O. The summed E-state index contributed by atoms with van der Waals surface area (Å²) in [6.07, 6.45) is 7.10. The number of ketones is 1. The van der Waals surface area contributed by atoms with E-state index in [2.05, 4.69) is 4.90 Å². The van der Waals surface area contributed by atoms with Crippen molar-refractivity contribution in [2.75, 3.05) is 20.6 Å². The summed E-state index contributed by atoms with van der Waals surface area (Å²) in [6, 6.07) is 0. The van der Waals surface area contributed by atoms with E-state index in [4.69, 9.17) is 0 Å². The molecule has 2 aliphatic rings. The van der Waals surface area contributed by atoms with E-state index < -0.39 is 0 Å². The Morgan fingerprint density at radius 3 is 2.47 bits per heavy atom. The van der Waals surface area contributed by atoms with Crippen LogP contribution in [0, 0.1) is 5.92 Å². The van der Waals surface area contributed by atoms with E-state index in [0.717, 1.165) is 19.4 Å². The molecule has 1 unspecified atom stereocenters. The number of carbonyl (C=O) groups excluding carboxylic acids is 1. The van der Waals surface area contributed by atoms with Crippen LogP contribution < -0.4 is 0 Å². The second kappa shape index (κ2) is 4.48. The van der Waals surface area contributed by atoms with Gasteiger partial charge in [0.1, 0.15) is 0 Å². The maximum absolute atomic E-state index is 12.1. The van der Waals surface area contributed by atoms with Crippen LogP contribution in [0.25, 0.3) is 0 Å². The quantitative estimate of drug-likeness (QED) is 0.648. The third kappa shape index (κ3) is 2.31. The molecule has 0 aromatic carbocycles. The lowest BCUT2D eigenvalue weighted by atomic mass is 10.0. The van der Waals surface area contributed by atoms with Crippen molar-refractivity contribution < 1.29 is 4.79 Å². The molecule has 2 aliphatic carbocycles. The molecule has 0 radical (unpaired) electrons. The molecule has 0 aromatic rings. The largest absolute Gasteiger partial charge is 0.309 e. The van der Waals surface area contributed by atoms with Crippen molar-refractivity contribution in [3.63, 3.8) is 0 Å². The van der Waals surface area contributed by atoms with Crippen LogP contribution in [0.5, 0.6) is 0 Å². The van der Waals surface area contributed by atoms with Gasteiger partial charge in [0.05, 0.1) is 0 Å². The smallest absolute Gasteiger partial charge is 0.163 e. The molecule has 2 saturated carbocycles. The molecule has 15 heavy (non-hydrogen) atoms. The number of Topliss-reactive ketones (excluding diaryl/α,β-unsaturated/α-hetero) is 1. The van der Waals surface area contributed by atoms with Crippen LogP contribution in [0.2, 0.25) is 0 Å². The fraction of sp³-hybridized carbons (Fsp3) is 0.769. The van der Waals surface area contributed by atoms with E-state index >= 15 is 0 Å². The molecule has 0 saturated heterocycles. The highest BCUT2D eigenvalue weighted by Crippen LogP contribution is 2.35. The summed E-state index contributed by atoms with van der Waals surface area (Å²) in [6.45, 7) is 0.926. The molecule has 0 heterocycles. The molecule has 0 spiro atoms. The maximum Gasteiger partial charge on any atom is 0.163 e. The van der Waals surface area contributed by atoms with Crippen molar-refractivity contribution >= 4 is 5.78 Å². The van der Waals surface area contributed by atoms with E-state index in [1.165, 1.54) is 36.8 Å². The summed E-state index contributed by atoms with van der Waals surface area (Å²) >= 11 is 0. The van der Waals surface area contributed by atoms with E-state index in [-0.39, 0.29) is 5.92 Å². The van der Waals surface area contributed by atoms with Crippen molar-refractivity contribution in [1.82, 2.24) is 4.90 Å². The van der Waals surface area contributed by atoms with Gasteiger partial charge in [0.25, 0.3) is 0 Å². The molecule has 2 heteroatoms. The molecular formula is C13H21NO. The minimum absolute atomic E-state index is 0.281. The van der Waals surface area contributed by atoms with E-state index in [1.54, 1.807) is 0 Å². The van der Waals surface area contributed by atoms with Crippen LogP contribution in [0.3, 0.4) is 0 Å². The van der Waals surface area contributed by atoms with Gasteiger partial charge in [-0.15, -0.1) is 0 Å². The van der Waals surface area contributed by atoms with Crippen molar-refractivity contribution in [2.45, 2.75) is 38.5 Å². The third-order valence-electron chi connectivity index (χ3n) is 3.63. The summed E-state index contributed by atoms with van der Waals surface area (Å²) in [7, 11) is 4.10. The first-order valence-electron chi connectivity index (χ1n) is 6.08. The number of carbonyl (C=O) groups is 1. The van der Waals surface area contributed by atoms with Crippen LogP contribution >= 0.6 is 0 Å². The second-order valence-electron chi connectivity index (χ2n) is 5.15. The Labute approximate surface area is 92.3 Å². The van der Waals surface area contributed by atoms with Gasteiger partial charge in [-0.1, -0.05) is 5.57 Å². The zero-order valence-electron chi connectivity index (χ0n) is 9.88. The molecule has 0 N–H and O–H groups in total. The molecule has 0 amide bonds. The number of allylic oxidation sites excluding steroid dienone is 2. The Morgan fingerprint density at radius 1 is 1.20 bits per heavy atom. The molecule has 84 valence electrons. The Morgan fingerprint density at radius 2 is 1.87 bits per heavy atom. The zero-order chi connectivity index (χ0) is 10.8. The average Bonchev–Trinajstić information content (AvgIpc) is 2.76. The highest BCUT2D eigenvalue weighted by Gasteiger charge is 2.31. The third-order valence-corrected chi connectivity index (χ3v) is 3.63. The summed E-state index contributed by atoms with van der Waals surface area (Å²) in [5.41, 5.74) is 2.70. The van der Waals surface area contributed by atoms with Gasteiger partial charge in [0.15, 0.2) is 5.78 Å². The van der Waals surface area contributed by atoms with Crippen LogP contribution in [-0.4, -0.2) is 31.3 Å². The van der Waals surface area contributed by atoms with E-state index in [1.807, 2.05) is 14.1 Å².